The Kier molecular flexibility index (Phi) is 4.94. The molecule has 1 N–H and O–H groups in total. The molecule has 0 aliphatic rings. The Hall–Kier alpha value is -1.31. The van der Waals surface area contributed by atoms with Gasteiger partial charge in [0.15, 0.2) is 0 Å². The molecule has 0 saturated carbocycles. The highest BCUT2D eigenvalue weighted by atomic mass is 16.1. The van der Waals surface area contributed by atoms with Crippen LogP contribution in [0.5, 0.6) is 0 Å². The van der Waals surface area contributed by atoms with E-state index in [4.69, 9.17) is 0 Å². The highest BCUT2D eigenvalue weighted by Gasteiger charge is 2.12. The summed E-state index contributed by atoms with van der Waals surface area (Å²) < 4.78 is 0. The lowest BCUT2D eigenvalue weighted by atomic mass is 9.87. The van der Waals surface area contributed by atoms with Gasteiger partial charge in [-0.1, -0.05) is 58.9 Å². The average Bonchev–Trinajstić information content (AvgIpc) is 2.25. The van der Waals surface area contributed by atoms with Crippen molar-refractivity contribution in [1.29, 1.82) is 0 Å². The zero-order chi connectivity index (χ0) is 13.8. The number of hydrogen-bond donors (Lipinski definition) is 1. The first kappa shape index (κ1) is 14.7. The van der Waals surface area contributed by atoms with Crippen molar-refractivity contribution in [3.63, 3.8) is 0 Å². The van der Waals surface area contributed by atoms with Crippen molar-refractivity contribution in [3.8, 4) is 0 Å². The van der Waals surface area contributed by atoms with Crippen molar-refractivity contribution in [3.05, 3.63) is 35.4 Å². The number of hydrogen-bond acceptors (Lipinski definition) is 1. The maximum Gasteiger partial charge on any atom is 0.220 e. The quantitative estimate of drug-likeness (QED) is 0.864. The van der Waals surface area contributed by atoms with Gasteiger partial charge in [-0.2, -0.15) is 0 Å². The number of benzene rings is 1. The molecule has 0 saturated heterocycles. The third kappa shape index (κ3) is 4.91. The number of amides is 1. The summed E-state index contributed by atoms with van der Waals surface area (Å²) in [6.45, 7) is 11.3. The van der Waals surface area contributed by atoms with Crippen LogP contribution >= 0.6 is 0 Å². The van der Waals surface area contributed by atoms with Gasteiger partial charge in [0.05, 0.1) is 0 Å². The summed E-state index contributed by atoms with van der Waals surface area (Å²) in [5.41, 5.74) is 2.65. The maximum atomic E-state index is 11.5. The van der Waals surface area contributed by atoms with E-state index >= 15 is 0 Å². The molecular formula is C16H25NO. The van der Waals surface area contributed by atoms with E-state index in [1.165, 1.54) is 5.56 Å². The van der Waals surface area contributed by atoms with Crippen molar-refractivity contribution < 1.29 is 4.79 Å². The summed E-state index contributed by atoms with van der Waals surface area (Å²) in [5, 5.41) is 2.95. The molecule has 1 rings (SSSR count). The Morgan fingerprint density at radius 1 is 1.17 bits per heavy atom. The molecule has 0 atom stereocenters. The van der Waals surface area contributed by atoms with Crippen molar-refractivity contribution in [2.75, 3.05) is 0 Å². The molecule has 100 valence electrons. The molecule has 0 radical (unpaired) electrons. The highest BCUT2D eigenvalue weighted by Crippen LogP contribution is 2.22. The van der Waals surface area contributed by atoms with Gasteiger partial charge >= 0.3 is 0 Å². The molecule has 0 heterocycles. The molecule has 2 heteroatoms. The summed E-state index contributed by atoms with van der Waals surface area (Å²) in [6, 6.07) is 8.47. The van der Waals surface area contributed by atoms with Gasteiger partial charge in [-0.3, -0.25) is 4.79 Å². The van der Waals surface area contributed by atoms with E-state index in [0.717, 1.165) is 5.56 Å². The number of carbonyl (C=O) groups excluding carboxylic acids is 1. The van der Waals surface area contributed by atoms with Crippen LogP contribution in [0.1, 0.15) is 52.2 Å². The summed E-state index contributed by atoms with van der Waals surface area (Å²) >= 11 is 0. The molecule has 0 spiro atoms. The van der Waals surface area contributed by atoms with Gasteiger partial charge in [0.25, 0.3) is 0 Å². The SMILES string of the molecule is CC(C)CC(=O)NCc1ccc(C(C)(C)C)cc1. The fourth-order valence-corrected chi connectivity index (χ4v) is 1.77. The maximum absolute atomic E-state index is 11.5. The Morgan fingerprint density at radius 2 is 1.72 bits per heavy atom. The molecule has 0 aromatic heterocycles. The highest BCUT2D eigenvalue weighted by molar-refractivity contribution is 5.76. The van der Waals surface area contributed by atoms with Crippen LogP contribution in [-0.4, -0.2) is 5.91 Å². The Bertz CT molecular complexity index is 385. The predicted octanol–water partition coefficient (Wildman–Crippen LogP) is 3.65. The number of nitrogens with one attached hydrogen (secondary N) is 1. The Labute approximate surface area is 111 Å². The van der Waals surface area contributed by atoms with Gasteiger partial charge in [-0.15, -0.1) is 0 Å². The summed E-state index contributed by atoms with van der Waals surface area (Å²) in [5.74, 6) is 0.540. The molecule has 2 nitrogen and oxygen atoms in total. The second-order valence-electron chi connectivity index (χ2n) is 6.32. The molecule has 0 aliphatic carbocycles. The lowest BCUT2D eigenvalue weighted by Crippen LogP contribution is -2.24. The minimum Gasteiger partial charge on any atom is -0.352 e. The molecular weight excluding hydrogens is 222 g/mol. The van der Waals surface area contributed by atoms with E-state index in [0.29, 0.717) is 18.9 Å². The standard InChI is InChI=1S/C16H25NO/c1-12(2)10-15(18)17-11-13-6-8-14(9-7-13)16(3,4)5/h6-9,12H,10-11H2,1-5H3,(H,17,18). The monoisotopic (exact) mass is 247 g/mol. The summed E-state index contributed by atoms with van der Waals surface area (Å²) in [6.07, 6.45) is 0.597. The van der Waals surface area contributed by atoms with Gasteiger partial charge in [0.2, 0.25) is 5.91 Å². The summed E-state index contributed by atoms with van der Waals surface area (Å²) in [7, 11) is 0. The van der Waals surface area contributed by atoms with Crippen molar-refractivity contribution in [2.45, 2.75) is 53.0 Å². The minimum absolute atomic E-state index is 0.130. The molecule has 0 fully saturated rings. The van der Waals surface area contributed by atoms with Gasteiger partial charge in [-0.05, 0) is 22.5 Å². The first-order valence-corrected chi connectivity index (χ1v) is 6.65. The largest absolute Gasteiger partial charge is 0.352 e. The fourth-order valence-electron chi connectivity index (χ4n) is 1.77. The molecule has 0 unspecified atom stereocenters. The van der Waals surface area contributed by atoms with Crippen LogP contribution in [0.4, 0.5) is 0 Å². The van der Waals surface area contributed by atoms with Crippen molar-refractivity contribution in [2.24, 2.45) is 5.92 Å². The van der Waals surface area contributed by atoms with Crippen LogP contribution in [0.25, 0.3) is 0 Å². The van der Waals surface area contributed by atoms with Gasteiger partial charge in [-0.25, -0.2) is 0 Å². The van der Waals surface area contributed by atoms with Crippen LogP contribution < -0.4 is 5.32 Å². The third-order valence-corrected chi connectivity index (χ3v) is 2.90. The second kappa shape index (κ2) is 6.03. The minimum atomic E-state index is 0.130. The van der Waals surface area contributed by atoms with E-state index in [2.05, 4.69) is 64.2 Å². The normalized spacial score (nSPS) is 11.7. The van der Waals surface area contributed by atoms with Gasteiger partial charge in [0.1, 0.15) is 0 Å². The van der Waals surface area contributed by atoms with E-state index < -0.39 is 0 Å². The van der Waals surface area contributed by atoms with Crippen LogP contribution in [0, 0.1) is 5.92 Å². The van der Waals surface area contributed by atoms with Gasteiger partial charge < -0.3 is 5.32 Å². The van der Waals surface area contributed by atoms with Crippen LogP contribution in [-0.2, 0) is 16.8 Å². The van der Waals surface area contributed by atoms with Crippen LogP contribution in [0.3, 0.4) is 0 Å². The van der Waals surface area contributed by atoms with E-state index in [-0.39, 0.29) is 11.3 Å². The lowest BCUT2D eigenvalue weighted by molar-refractivity contribution is -0.121. The Morgan fingerprint density at radius 3 is 2.17 bits per heavy atom. The molecule has 1 aromatic rings. The topological polar surface area (TPSA) is 29.1 Å². The van der Waals surface area contributed by atoms with Crippen LogP contribution in [0.15, 0.2) is 24.3 Å². The third-order valence-electron chi connectivity index (χ3n) is 2.90. The molecule has 1 amide bonds. The molecule has 0 aliphatic heterocycles. The lowest BCUT2D eigenvalue weighted by Gasteiger charge is -2.19. The molecule has 1 aromatic carbocycles. The smallest absolute Gasteiger partial charge is 0.220 e. The first-order chi connectivity index (χ1) is 8.29. The number of carbonyl (C=O) groups is 1. The zero-order valence-corrected chi connectivity index (χ0v) is 12.2. The number of rotatable bonds is 4. The summed E-state index contributed by atoms with van der Waals surface area (Å²) in [4.78, 5) is 11.5. The Balaban J connectivity index is 2.52. The van der Waals surface area contributed by atoms with Crippen LogP contribution in [0.2, 0.25) is 0 Å². The fraction of sp³-hybridized carbons (Fsp3) is 0.562. The van der Waals surface area contributed by atoms with E-state index in [9.17, 15) is 4.79 Å². The zero-order valence-electron chi connectivity index (χ0n) is 12.2. The van der Waals surface area contributed by atoms with Gasteiger partial charge in [0, 0.05) is 13.0 Å². The molecule has 18 heavy (non-hydrogen) atoms. The second-order valence-corrected chi connectivity index (χ2v) is 6.32. The van der Waals surface area contributed by atoms with Crippen molar-refractivity contribution in [1.82, 2.24) is 5.32 Å². The van der Waals surface area contributed by atoms with Crippen molar-refractivity contribution >= 4 is 5.91 Å². The van der Waals surface area contributed by atoms with E-state index in [1.54, 1.807) is 0 Å². The average molecular weight is 247 g/mol. The van der Waals surface area contributed by atoms with E-state index in [1.807, 2.05) is 0 Å². The predicted molar refractivity (Wildman–Crippen MR) is 76.4 cm³/mol. The first-order valence-electron chi connectivity index (χ1n) is 6.65. The molecule has 0 bridgehead atoms.